The Bertz CT molecular complexity index is 290. The molecule has 0 aliphatic carbocycles. The number of hydrogen-bond donors (Lipinski definition) is 0. The minimum Gasteiger partial charge on any atom is -0.348 e. The Hall–Kier alpha value is -1.38. The van der Waals surface area contributed by atoms with Gasteiger partial charge in [-0.15, -0.1) is 0 Å². The Morgan fingerprint density at radius 2 is 2.15 bits per heavy atom. The molecule has 0 atom stereocenters. The SMILES string of the molecule is Cc1ccc(CC(=O)N(C)C)nc1. The van der Waals surface area contributed by atoms with E-state index in [1.165, 1.54) is 0 Å². The Kier molecular flexibility index (Phi) is 3.01. The Balaban J connectivity index is 2.65. The fourth-order valence-electron chi connectivity index (χ4n) is 0.916. The molecule has 1 aromatic heterocycles. The van der Waals surface area contributed by atoms with Gasteiger partial charge >= 0.3 is 0 Å². The number of pyridine rings is 1. The first-order valence-electron chi connectivity index (χ1n) is 4.21. The molecule has 1 rings (SSSR count). The highest BCUT2D eigenvalue weighted by molar-refractivity contribution is 5.77. The van der Waals surface area contributed by atoms with E-state index in [1.54, 1.807) is 25.2 Å². The molecule has 0 aromatic carbocycles. The first-order valence-corrected chi connectivity index (χ1v) is 4.21. The van der Waals surface area contributed by atoms with E-state index >= 15 is 0 Å². The Morgan fingerprint density at radius 1 is 1.46 bits per heavy atom. The number of nitrogens with zero attached hydrogens (tertiary/aromatic N) is 2. The molecule has 0 saturated carbocycles. The number of carbonyl (C=O) groups is 1. The summed E-state index contributed by atoms with van der Waals surface area (Å²) >= 11 is 0. The van der Waals surface area contributed by atoms with E-state index in [9.17, 15) is 4.79 Å². The summed E-state index contributed by atoms with van der Waals surface area (Å²) in [6.45, 7) is 1.98. The van der Waals surface area contributed by atoms with Crippen molar-refractivity contribution in [1.29, 1.82) is 0 Å². The molecule has 3 nitrogen and oxygen atoms in total. The lowest BCUT2D eigenvalue weighted by atomic mass is 10.2. The van der Waals surface area contributed by atoms with Crippen molar-refractivity contribution in [1.82, 2.24) is 9.88 Å². The number of aryl methyl sites for hydroxylation is 1. The molecule has 3 heteroatoms. The minimum atomic E-state index is 0.0800. The lowest BCUT2D eigenvalue weighted by Gasteiger charge is -2.09. The molecule has 1 heterocycles. The zero-order valence-corrected chi connectivity index (χ0v) is 8.24. The van der Waals surface area contributed by atoms with Crippen LogP contribution in [-0.2, 0) is 11.2 Å². The van der Waals surface area contributed by atoms with E-state index in [1.807, 2.05) is 19.1 Å². The molecular weight excluding hydrogens is 164 g/mol. The molecule has 0 unspecified atom stereocenters. The topological polar surface area (TPSA) is 33.2 Å². The summed E-state index contributed by atoms with van der Waals surface area (Å²) in [4.78, 5) is 17.0. The lowest BCUT2D eigenvalue weighted by molar-refractivity contribution is -0.128. The van der Waals surface area contributed by atoms with Gasteiger partial charge in [0, 0.05) is 26.0 Å². The molecular formula is C10H14N2O. The molecule has 70 valence electrons. The molecule has 0 bridgehead atoms. The molecule has 0 spiro atoms. The van der Waals surface area contributed by atoms with Crippen LogP contribution in [0.3, 0.4) is 0 Å². The van der Waals surface area contributed by atoms with Crippen molar-refractivity contribution < 1.29 is 4.79 Å². The number of rotatable bonds is 2. The second-order valence-electron chi connectivity index (χ2n) is 3.29. The monoisotopic (exact) mass is 178 g/mol. The van der Waals surface area contributed by atoms with Gasteiger partial charge < -0.3 is 4.90 Å². The average Bonchev–Trinajstić information content (AvgIpc) is 2.08. The number of likely N-dealkylation sites (N-methyl/N-ethyl adjacent to an activating group) is 1. The van der Waals surface area contributed by atoms with E-state index < -0.39 is 0 Å². The summed E-state index contributed by atoms with van der Waals surface area (Å²) in [6, 6.07) is 3.85. The summed E-state index contributed by atoms with van der Waals surface area (Å²) in [6.07, 6.45) is 2.16. The standard InChI is InChI=1S/C10H14N2O/c1-8-4-5-9(11-7-8)6-10(13)12(2)3/h4-5,7H,6H2,1-3H3. The van der Waals surface area contributed by atoms with Crippen molar-refractivity contribution >= 4 is 5.91 Å². The molecule has 13 heavy (non-hydrogen) atoms. The number of amides is 1. The van der Waals surface area contributed by atoms with Gasteiger partial charge in [0.25, 0.3) is 0 Å². The summed E-state index contributed by atoms with van der Waals surface area (Å²) in [5.41, 5.74) is 1.94. The van der Waals surface area contributed by atoms with Crippen LogP contribution in [0.5, 0.6) is 0 Å². The Labute approximate surface area is 78.4 Å². The molecule has 0 radical (unpaired) electrons. The molecule has 0 fully saturated rings. The van der Waals surface area contributed by atoms with E-state index in [0.717, 1.165) is 11.3 Å². The van der Waals surface area contributed by atoms with Gasteiger partial charge in [0.05, 0.1) is 6.42 Å². The predicted molar refractivity (Wildman–Crippen MR) is 51.4 cm³/mol. The fraction of sp³-hybridized carbons (Fsp3) is 0.400. The van der Waals surface area contributed by atoms with Crippen molar-refractivity contribution in [3.63, 3.8) is 0 Å². The second-order valence-corrected chi connectivity index (χ2v) is 3.29. The first kappa shape index (κ1) is 9.71. The van der Waals surface area contributed by atoms with Crippen LogP contribution in [0.2, 0.25) is 0 Å². The van der Waals surface area contributed by atoms with Gasteiger partial charge in [-0.1, -0.05) is 6.07 Å². The third-order valence-corrected chi connectivity index (χ3v) is 1.80. The van der Waals surface area contributed by atoms with E-state index in [-0.39, 0.29) is 5.91 Å². The van der Waals surface area contributed by atoms with E-state index in [0.29, 0.717) is 6.42 Å². The molecule has 0 aliphatic rings. The minimum absolute atomic E-state index is 0.0800. The van der Waals surface area contributed by atoms with Gasteiger partial charge in [-0.25, -0.2) is 0 Å². The highest BCUT2D eigenvalue weighted by Gasteiger charge is 2.05. The largest absolute Gasteiger partial charge is 0.348 e. The van der Waals surface area contributed by atoms with Crippen LogP contribution < -0.4 is 0 Å². The zero-order chi connectivity index (χ0) is 9.84. The number of carbonyl (C=O) groups excluding carboxylic acids is 1. The van der Waals surface area contributed by atoms with Crippen LogP contribution in [0.25, 0.3) is 0 Å². The highest BCUT2D eigenvalue weighted by Crippen LogP contribution is 2.00. The maximum Gasteiger partial charge on any atom is 0.228 e. The van der Waals surface area contributed by atoms with Gasteiger partial charge in [-0.3, -0.25) is 9.78 Å². The molecule has 0 saturated heterocycles. The Morgan fingerprint density at radius 3 is 2.62 bits per heavy atom. The van der Waals surface area contributed by atoms with Crippen molar-refractivity contribution in [2.24, 2.45) is 0 Å². The number of hydrogen-bond acceptors (Lipinski definition) is 2. The second kappa shape index (κ2) is 4.03. The highest BCUT2D eigenvalue weighted by atomic mass is 16.2. The molecule has 0 aliphatic heterocycles. The van der Waals surface area contributed by atoms with Gasteiger partial charge in [-0.05, 0) is 18.6 Å². The van der Waals surface area contributed by atoms with Crippen LogP contribution >= 0.6 is 0 Å². The quantitative estimate of drug-likeness (QED) is 0.677. The summed E-state index contributed by atoms with van der Waals surface area (Å²) in [7, 11) is 3.49. The predicted octanol–water partition coefficient (Wildman–Crippen LogP) is 1.02. The third kappa shape index (κ3) is 2.86. The summed E-state index contributed by atoms with van der Waals surface area (Å²) in [5, 5.41) is 0. The van der Waals surface area contributed by atoms with Crippen LogP contribution in [0, 0.1) is 6.92 Å². The van der Waals surface area contributed by atoms with Crippen molar-refractivity contribution in [3.8, 4) is 0 Å². The van der Waals surface area contributed by atoms with Crippen LogP contribution in [0.15, 0.2) is 18.3 Å². The van der Waals surface area contributed by atoms with Crippen molar-refractivity contribution in [3.05, 3.63) is 29.6 Å². The first-order chi connectivity index (χ1) is 6.09. The van der Waals surface area contributed by atoms with Gasteiger partial charge in [0.2, 0.25) is 5.91 Å². The van der Waals surface area contributed by atoms with Gasteiger partial charge in [0.15, 0.2) is 0 Å². The normalized spacial score (nSPS) is 9.77. The molecule has 1 aromatic rings. The van der Waals surface area contributed by atoms with Crippen molar-refractivity contribution in [2.75, 3.05) is 14.1 Å². The third-order valence-electron chi connectivity index (χ3n) is 1.80. The molecule has 1 amide bonds. The maximum absolute atomic E-state index is 11.3. The van der Waals surface area contributed by atoms with E-state index in [2.05, 4.69) is 4.98 Å². The van der Waals surface area contributed by atoms with Gasteiger partial charge in [-0.2, -0.15) is 0 Å². The fourth-order valence-corrected chi connectivity index (χ4v) is 0.916. The summed E-state index contributed by atoms with van der Waals surface area (Å²) < 4.78 is 0. The molecule has 0 N–H and O–H groups in total. The van der Waals surface area contributed by atoms with Gasteiger partial charge in [0.1, 0.15) is 0 Å². The van der Waals surface area contributed by atoms with Crippen LogP contribution in [-0.4, -0.2) is 29.9 Å². The summed E-state index contributed by atoms with van der Waals surface area (Å²) in [5.74, 6) is 0.0800. The lowest BCUT2D eigenvalue weighted by Crippen LogP contribution is -2.23. The van der Waals surface area contributed by atoms with E-state index in [4.69, 9.17) is 0 Å². The smallest absolute Gasteiger partial charge is 0.228 e. The number of aromatic nitrogens is 1. The zero-order valence-electron chi connectivity index (χ0n) is 8.24. The van der Waals surface area contributed by atoms with Crippen LogP contribution in [0.1, 0.15) is 11.3 Å². The maximum atomic E-state index is 11.3. The van der Waals surface area contributed by atoms with Crippen molar-refractivity contribution in [2.45, 2.75) is 13.3 Å². The average molecular weight is 178 g/mol. The van der Waals surface area contributed by atoms with Crippen LogP contribution in [0.4, 0.5) is 0 Å².